The Labute approximate surface area is 146 Å². The maximum absolute atomic E-state index is 12.8. The molecule has 128 valence electrons. The summed E-state index contributed by atoms with van der Waals surface area (Å²) in [5.74, 6) is 0.570. The number of nitrogens with zero attached hydrogens (tertiary/aromatic N) is 4. The fourth-order valence-electron chi connectivity index (χ4n) is 1.97. The highest BCUT2D eigenvalue weighted by Gasteiger charge is 2.36. The number of unbranched alkanes of at least 4 members (excludes halogenated alkanes) is 1. The van der Waals surface area contributed by atoms with Crippen LogP contribution in [0, 0.1) is 0 Å². The summed E-state index contributed by atoms with van der Waals surface area (Å²) in [6.07, 6.45) is -1.04. The van der Waals surface area contributed by atoms with Crippen molar-refractivity contribution >= 4 is 29.9 Å². The van der Waals surface area contributed by atoms with Crippen molar-refractivity contribution in [1.82, 2.24) is 20.0 Å². The molecule has 1 aromatic rings. The second-order valence-corrected chi connectivity index (χ2v) is 4.85. The number of aryl methyl sites for hydroxylation is 1. The number of aromatic nitrogens is 2. The zero-order chi connectivity index (χ0) is 16.0. The fraction of sp³-hybridized carbons (Fsp3) is 0.692. The molecular formula is C13H23F3IN5. The number of hydrogen-bond donors (Lipinski definition) is 1. The van der Waals surface area contributed by atoms with Gasteiger partial charge < -0.3 is 10.2 Å². The van der Waals surface area contributed by atoms with Crippen molar-refractivity contribution in [2.75, 3.05) is 20.6 Å². The molecule has 0 spiro atoms. The Morgan fingerprint density at radius 1 is 1.45 bits per heavy atom. The van der Waals surface area contributed by atoms with Crippen LogP contribution in [0.4, 0.5) is 13.2 Å². The summed E-state index contributed by atoms with van der Waals surface area (Å²) >= 11 is 0. The number of alkyl halides is 3. The number of halogens is 4. The Balaban J connectivity index is 0.00000441. The topological polar surface area (TPSA) is 45.5 Å². The molecule has 1 rings (SSSR count). The molecule has 0 atom stereocenters. The smallest absolute Gasteiger partial charge is 0.352 e. The van der Waals surface area contributed by atoms with Crippen molar-refractivity contribution < 1.29 is 13.2 Å². The molecule has 0 aliphatic carbocycles. The number of nitrogens with one attached hydrogen (secondary N) is 1. The van der Waals surface area contributed by atoms with Gasteiger partial charge in [0, 0.05) is 46.0 Å². The zero-order valence-corrected chi connectivity index (χ0v) is 15.6. The molecule has 0 aliphatic rings. The molecule has 5 nitrogen and oxygen atoms in total. The van der Waals surface area contributed by atoms with Crippen LogP contribution in [0.5, 0.6) is 0 Å². The zero-order valence-electron chi connectivity index (χ0n) is 13.2. The van der Waals surface area contributed by atoms with Crippen LogP contribution in [0.1, 0.15) is 31.0 Å². The number of rotatable bonds is 5. The first-order chi connectivity index (χ1) is 9.79. The Morgan fingerprint density at radius 3 is 2.59 bits per heavy atom. The molecule has 0 radical (unpaired) electrons. The van der Waals surface area contributed by atoms with E-state index in [0.29, 0.717) is 5.96 Å². The van der Waals surface area contributed by atoms with Crippen molar-refractivity contribution in [2.24, 2.45) is 12.0 Å². The molecule has 9 heteroatoms. The lowest BCUT2D eigenvalue weighted by Gasteiger charge is -2.21. The molecule has 0 aromatic carbocycles. The fourth-order valence-corrected chi connectivity index (χ4v) is 1.97. The van der Waals surface area contributed by atoms with Crippen molar-refractivity contribution in [1.29, 1.82) is 0 Å². The number of aliphatic imine (C=N–C) groups is 1. The van der Waals surface area contributed by atoms with Crippen LogP contribution in [0.15, 0.2) is 11.2 Å². The van der Waals surface area contributed by atoms with E-state index >= 15 is 0 Å². The van der Waals surface area contributed by atoms with Crippen LogP contribution in [-0.4, -0.2) is 41.3 Å². The van der Waals surface area contributed by atoms with Gasteiger partial charge >= 0.3 is 6.18 Å². The van der Waals surface area contributed by atoms with E-state index in [9.17, 15) is 13.2 Å². The minimum absolute atomic E-state index is 0. The van der Waals surface area contributed by atoms with Crippen LogP contribution in [0.2, 0.25) is 0 Å². The highest BCUT2D eigenvalue weighted by molar-refractivity contribution is 14.0. The standard InChI is InChI=1S/C13H22F3N5.HI/c1-5-6-7-20(3)12(17-2)18-8-10-9-21(4)19-11(10)13(14,15)16;/h9H,5-8H2,1-4H3,(H,17,18);1H. The summed E-state index contributed by atoms with van der Waals surface area (Å²) in [7, 11) is 4.94. The number of guanidine groups is 1. The van der Waals surface area contributed by atoms with Gasteiger partial charge in [-0.05, 0) is 6.42 Å². The Hall–Kier alpha value is -1.00. The van der Waals surface area contributed by atoms with E-state index in [4.69, 9.17) is 0 Å². The van der Waals surface area contributed by atoms with E-state index in [2.05, 4.69) is 22.3 Å². The average Bonchev–Trinajstić information content (AvgIpc) is 2.78. The van der Waals surface area contributed by atoms with Gasteiger partial charge in [0.1, 0.15) is 0 Å². The highest BCUT2D eigenvalue weighted by Crippen LogP contribution is 2.30. The summed E-state index contributed by atoms with van der Waals surface area (Å²) in [5, 5.41) is 6.42. The molecule has 0 amide bonds. The van der Waals surface area contributed by atoms with E-state index in [1.807, 2.05) is 11.9 Å². The maximum atomic E-state index is 12.8. The lowest BCUT2D eigenvalue weighted by Crippen LogP contribution is -2.39. The Morgan fingerprint density at radius 2 is 2.09 bits per heavy atom. The summed E-state index contributed by atoms with van der Waals surface area (Å²) in [6.45, 7) is 2.91. The first-order valence-electron chi connectivity index (χ1n) is 6.81. The van der Waals surface area contributed by atoms with Gasteiger partial charge in [-0.1, -0.05) is 13.3 Å². The second-order valence-electron chi connectivity index (χ2n) is 4.85. The summed E-state index contributed by atoms with van der Waals surface area (Å²) in [4.78, 5) is 5.97. The lowest BCUT2D eigenvalue weighted by atomic mass is 10.2. The molecule has 0 unspecified atom stereocenters. The summed E-state index contributed by atoms with van der Waals surface area (Å²) in [6, 6.07) is 0. The molecule has 1 heterocycles. The van der Waals surface area contributed by atoms with Gasteiger partial charge in [-0.2, -0.15) is 18.3 Å². The van der Waals surface area contributed by atoms with Crippen LogP contribution >= 0.6 is 24.0 Å². The largest absolute Gasteiger partial charge is 0.435 e. The van der Waals surface area contributed by atoms with Gasteiger partial charge in [-0.25, -0.2) is 0 Å². The van der Waals surface area contributed by atoms with Crippen LogP contribution in [-0.2, 0) is 19.8 Å². The second kappa shape index (κ2) is 9.21. The Kier molecular flexibility index (Phi) is 8.79. The number of hydrogen-bond acceptors (Lipinski definition) is 2. The van der Waals surface area contributed by atoms with Crippen molar-refractivity contribution in [2.45, 2.75) is 32.5 Å². The van der Waals surface area contributed by atoms with E-state index < -0.39 is 11.9 Å². The maximum Gasteiger partial charge on any atom is 0.435 e. The van der Waals surface area contributed by atoms with Gasteiger partial charge in [0.25, 0.3) is 0 Å². The summed E-state index contributed by atoms with van der Waals surface area (Å²) < 4.78 is 39.7. The quantitative estimate of drug-likeness (QED) is 0.442. The van der Waals surface area contributed by atoms with E-state index in [-0.39, 0.29) is 36.1 Å². The third-order valence-corrected chi connectivity index (χ3v) is 3.03. The van der Waals surface area contributed by atoms with Gasteiger partial charge in [-0.3, -0.25) is 9.67 Å². The SMILES string of the molecule is CCCCN(C)C(=NC)NCc1cn(C)nc1C(F)(F)F.I. The molecule has 22 heavy (non-hydrogen) atoms. The molecule has 0 saturated heterocycles. The van der Waals surface area contributed by atoms with Crippen molar-refractivity contribution in [3.05, 3.63) is 17.5 Å². The van der Waals surface area contributed by atoms with Crippen molar-refractivity contribution in [3.63, 3.8) is 0 Å². The van der Waals surface area contributed by atoms with Gasteiger partial charge in [0.2, 0.25) is 0 Å². The van der Waals surface area contributed by atoms with Gasteiger partial charge in [0.15, 0.2) is 11.7 Å². The highest BCUT2D eigenvalue weighted by atomic mass is 127. The molecule has 0 aliphatic heterocycles. The molecule has 0 bridgehead atoms. The molecule has 0 saturated carbocycles. The normalized spacial score (nSPS) is 12.0. The van der Waals surface area contributed by atoms with E-state index in [1.54, 1.807) is 7.05 Å². The van der Waals surface area contributed by atoms with E-state index in [1.165, 1.54) is 17.9 Å². The summed E-state index contributed by atoms with van der Waals surface area (Å²) in [5.41, 5.74) is -0.751. The molecule has 0 fully saturated rings. The monoisotopic (exact) mass is 433 g/mol. The van der Waals surface area contributed by atoms with Crippen LogP contribution < -0.4 is 5.32 Å². The van der Waals surface area contributed by atoms with E-state index in [0.717, 1.165) is 19.4 Å². The van der Waals surface area contributed by atoms with Crippen LogP contribution in [0.3, 0.4) is 0 Å². The molecule has 1 N–H and O–H groups in total. The molecule has 1 aromatic heterocycles. The van der Waals surface area contributed by atoms with Gasteiger partial charge in [-0.15, -0.1) is 24.0 Å². The average molecular weight is 433 g/mol. The molecular weight excluding hydrogens is 410 g/mol. The minimum atomic E-state index is -4.45. The Bertz CT molecular complexity index is 485. The van der Waals surface area contributed by atoms with Crippen molar-refractivity contribution in [3.8, 4) is 0 Å². The first kappa shape index (κ1) is 21.0. The van der Waals surface area contributed by atoms with Gasteiger partial charge in [0.05, 0.1) is 0 Å². The third kappa shape index (κ3) is 6.01. The predicted molar refractivity (Wildman–Crippen MR) is 91.4 cm³/mol. The van der Waals surface area contributed by atoms with Crippen LogP contribution in [0.25, 0.3) is 0 Å². The predicted octanol–water partition coefficient (Wildman–Crippen LogP) is 2.86. The lowest BCUT2D eigenvalue weighted by molar-refractivity contribution is -0.142. The minimum Gasteiger partial charge on any atom is -0.352 e. The first-order valence-corrected chi connectivity index (χ1v) is 6.81. The third-order valence-electron chi connectivity index (χ3n) is 3.03.